The minimum Gasteiger partial charge on any atom is -0.311 e. The summed E-state index contributed by atoms with van der Waals surface area (Å²) in [6.45, 7) is 0. The minimum absolute atomic E-state index is 0.724. The molecule has 0 radical (unpaired) electrons. The van der Waals surface area contributed by atoms with Crippen LogP contribution in [0.3, 0.4) is 0 Å². The van der Waals surface area contributed by atoms with Gasteiger partial charge in [0.15, 0.2) is 0 Å². The third-order valence-corrected chi connectivity index (χ3v) is 14.0. The number of aromatic nitrogens is 4. The zero-order valence-corrected chi connectivity index (χ0v) is 42.9. The van der Waals surface area contributed by atoms with Gasteiger partial charge in [-0.05, 0) is 138 Å². The quantitative estimate of drug-likeness (QED) is 0.145. The molecule has 0 unspecified atom stereocenters. The molecule has 14 rings (SSSR count). The lowest BCUT2D eigenvalue weighted by Gasteiger charge is -2.25. The van der Waals surface area contributed by atoms with Crippen LogP contribution in [-0.4, -0.2) is 19.1 Å². The number of para-hydroxylation sites is 4. The van der Waals surface area contributed by atoms with Crippen molar-refractivity contribution < 1.29 is 0 Å². The number of hydrogen-bond donors (Lipinski definition) is 0. The van der Waals surface area contributed by atoms with Gasteiger partial charge in [-0.25, -0.2) is 9.97 Å². The normalized spacial score (nSPS) is 11.0. The smallest absolute Gasteiger partial charge is 0.145 e. The second kappa shape index (κ2) is 22.3. The predicted octanol–water partition coefficient (Wildman–Crippen LogP) is 19.1. The number of benzene rings is 12. The monoisotopic (exact) mass is 1010 g/mol. The van der Waals surface area contributed by atoms with E-state index in [2.05, 4.69) is 257 Å². The summed E-state index contributed by atoms with van der Waals surface area (Å²) in [5.41, 5.74) is 14.6. The lowest BCUT2D eigenvalue weighted by molar-refractivity contribution is 1.10. The zero-order valence-electron chi connectivity index (χ0n) is 42.2. The highest BCUT2D eigenvalue weighted by Gasteiger charge is 2.19. The first-order chi connectivity index (χ1) is 38.1. The molecule has 0 saturated carbocycles. The van der Waals surface area contributed by atoms with Crippen LogP contribution in [0.5, 0.6) is 0 Å². The molecule has 0 amide bonds. The predicted molar refractivity (Wildman–Crippen MR) is 323 cm³/mol. The molecule has 77 heavy (non-hydrogen) atoms. The van der Waals surface area contributed by atoms with Gasteiger partial charge in [0.25, 0.3) is 0 Å². The summed E-state index contributed by atoms with van der Waals surface area (Å²) in [4.78, 5) is 12.5. The van der Waals surface area contributed by atoms with Crippen LogP contribution in [0, 0.1) is 0 Å². The van der Waals surface area contributed by atoms with Crippen molar-refractivity contribution in [3.8, 4) is 34.2 Å². The Hall–Kier alpha value is -9.81. The van der Waals surface area contributed by atoms with Crippen LogP contribution in [0.4, 0.5) is 17.1 Å². The van der Waals surface area contributed by atoms with Crippen LogP contribution < -0.4 is 4.90 Å². The minimum atomic E-state index is 0.724. The first-order valence-electron chi connectivity index (χ1n) is 25.9. The average molecular weight is 1010 g/mol. The summed E-state index contributed by atoms with van der Waals surface area (Å²) >= 11 is 6.09. The van der Waals surface area contributed by atoms with Crippen LogP contribution in [0.25, 0.3) is 77.8 Å². The molecule has 2 aromatic heterocycles. The highest BCUT2D eigenvalue weighted by Crippen LogP contribution is 2.38. The van der Waals surface area contributed by atoms with Crippen LogP contribution in [0.2, 0.25) is 5.02 Å². The fourth-order valence-corrected chi connectivity index (χ4v) is 10.2. The molecule has 0 spiro atoms. The highest BCUT2D eigenvalue weighted by molar-refractivity contribution is 6.30. The van der Waals surface area contributed by atoms with Crippen LogP contribution in [0.1, 0.15) is 11.1 Å². The van der Waals surface area contributed by atoms with Gasteiger partial charge in [0.1, 0.15) is 11.6 Å². The number of halogens is 1. The Balaban J connectivity index is 0.000000131. The molecule has 0 aliphatic rings. The molecule has 0 saturated heterocycles. The number of rotatable bonds is 9. The molecular formula is C71H52ClN5. The maximum Gasteiger partial charge on any atom is 0.145 e. The van der Waals surface area contributed by atoms with Crippen molar-refractivity contribution >= 4 is 72.3 Å². The van der Waals surface area contributed by atoms with Gasteiger partial charge >= 0.3 is 0 Å². The highest BCUT2D eigenvalue weighted by atomic mass is 35.5. The summed E-state index contributed by atoms with van der Waals surface area (Å²) in [5, 5.41) is 5.44. The third-order valence-electron chi connectivity index (χ3n) is 13.7. The summed E-state index contributed by atoms with van der Waals surface area (Å²) < 4.78 is 4.48. The number of fused-ring (bicyclic) bond motifs is 6. The van der Waals surface area contributed by atoms with E-state index in [1.807, 2.05) is 60.7 Å². The molecule has 0 bridgehead atoms. The first-order valence-corrected chi connectivity index (χ1v) is 26.3. The van der Waals surface area contributed by atoms with Crippen LogP contribution in [-0.2, 0) is 6.42 Å². The van der Waals surface area contributed by atoms with Crippen molar-refractivity contribution in [1.29, 1.82) is 0 Å². The third kappa shape index (κ3) is 10.4. The topological polar surface area (TPSA) is 38.9 Å². The van der Waals surface area contributed by atoms with E-state index in [0.717, 1.165) is 95.5 Å². The molecular weight excluding hydrogens is 958 g/mol. The van der Waals surface area contributed by atoms with Crippen molar-refractivity contribution in [3.05, 3.63) is 319 Å². The Morgan fingerprint density at radius 3 is 1.06 bits per heavy atom. The molecule has 0 aliphatic heterocycles. The molecule has 0 aliphatic carbocycles. The molecule has 14 aromatic rings. The van der Waals surface area contributed by atoms with Gasteiger partial charge in [0.2, 0.25) is 0 Å². The summed E-state index contributed by atoms with van der Waals surface area (Å²) in [5.74, 6) is 1.85. The van der Waals surface area contributed by atoms with E-state index in [0.29, 0.717) is 0 Å². The number of hydrogen-bond acceptors (Lipinski definition) is 3. The molecule has 368 valence electrons. The van der Waals surface area contributed by atoms with E-state index in [4.69, 9.17) is 21.6 Å². The Labute approximate surface area is 453 Å². The van der Waals surface area contributed by atoms with Gasteiger partial charge < -0.3 is 4.90 Å². The lowest BCUT2D eigenvalue weighted by atomic mass is 10.1. The molecule has 0 fully saturated rings. The van der Waals surface area contributed by atoms with Gasteiger partial charge in [0, 0.05) is 55.4 Å². The van der Waals surface area contributed by atoms with Gasteiger partial charge in [-0.1, -0.05) is 206 Å². The van der Waals surface area contributed by atoms with E-state index in [9.17, 15) is 0 Å². The Morgan fingerprint density at radius 1 is 0.312 bits per heavy atom. The molecule has 0 atom stereocenters. The van der Waals surface area contributed by atoms with Gasteiger partial charge in [-0.15, -0.1) is 0 Å². The molecule has 2 heterocycles. The SMILES string of the molecule is Clc1ccc(-c2nc3c4ccccc4ccc3n2-c2ccccc2)cc1.c1ccc(Cc2ccccc2)cc1.c1ccc(N(c2ccccc2)c2ccc(-c3nc4c5ccccc5ccc4n3-c3ccccc3)cc2)cc1. The fourth-order valence-electron chi connectivity index (χ4n) is 10.1. The zero-order chi connectivity index (χ0) is 51.8. The summed E-state index contributed by atoms with van der Waals surface area (Å²) in [6, 6.07) is 105. The lowest BCUT2D eigenvalue weighted by Crippen LogP contribution is -2.09. The summed E-state index contributed by atoms with van der Waals surface area (Å²) in [7, 11) is 0. The largest absolute Gasteiger partial charge is 0.311 e. The van der Waals surface area contributed by atoms with Crippen molar-refractivity contribution in [3.63, 3.8) is 0 Å². The molecule has 5 nitrogen and oxygen atoms in total. The fraction of sp³-hybridized carbons (Fsp3) is 0.0141. The van der Waals surface area contributed by atoms with E-state index in [1.54, 1.807) is 0 Å². The maximum absolute atomic E-state index is 6.09. The summed E-state index contributed by atoms with van der Waals surface area (Å²) in [6.07, 6.45) is 1.03. The van der Waals surface area contributed by atoms with Gasteiger partial charge in [0.05, 0.1) is 22.1 Å². The Kier molecular flexibility index (Phi) is 14.0. The number of imidazole rings is 2. The van der Waals surface area contributed by atoms with Crippen molar-refractivity contribution in [2.24, 2.45) is 0 Å². The molecule has 6 heteroatoms. The standard InChI is InChI=1S/C35H25N3.C23H15ClN2.C13H12/c1-4-13-28(14-5-1)37(29-15-6-2-7-16-29)31-23-20-27(21-24-31)35-36-34-32-19-11-10-12-26(32)22-25-33(34)38(35)30-17-8-3-9-18-30;24-18-13-10-17(11-14-18)23-25-22-20-9-5-4-6-16(20)12-15-21(22)26(23)19-7-2-1-3-8-19;1-3-7-12(8-4-1)11-13-9-5-2-6-10-13/h1-25H;1-15H;1-10H,11H2. The van der Waals surface area contributed by atoms with E-state index < -0.39 is 0 Å². The molecule has 0 N–H and O–H groups in total. The number of anilines is 3. The van der Waals surface area contributed by atoms with Crippen LogP contribution in [0.15, 0.2) is 303 Å². The van der Waals surface area contributed by atoms with Crippen molar-refractivity contribution in [2.75, 3.05) is 4.90 Å². The van der Waals surface area contributed by atoms with E-state index in [-0.39, 0.29) is 0 Å². The Bertz CT molecular complexity index is 4130. The number of nitrogens with zero attached hydrogens (tertiary/aromatic N) is 5. The first kappa shape index (κ1) is 48.1. The van der Waals surface area contributed by atoms with Crippen molar-refractivity contribution in [2.45, 2.75) is 6.42 Å². The Morgan fingerprint density at radius 2 is 0.649 bits per heavy atom. The van der Waals surface area contributed by atoms with E-state index in [1.165, 1.54) is 21.9 Å². The average Bonchev–Trinajstić information content (AvgIpc) is 4.13. The second-order valence-corrected chi connectivity index (χ2v) is 19.2. The van der Waals surface area contributed by atoms with Gasteiger partial charge in [-0.2, -0.15) is 0 Å². The van der Waals surface area contributed by atoms with E-state index >= 15 is 0 Å². The van der Waals surface area contributed by atoms with Gasteiger partial charge in [-0.3, -0.25) is 9.13 Å². The van der Waals surface area contributed by atoms with Crippen molar-refractivity contribution in [1.82, 2.24) is 19.1 Å². The van der Waals surface area contributed by atoms with Crippen LogP contribution >= 0.6 is 11.6 Å². The maximum atomic E-state index is 6.09. The molecule has 12 aromatic carbocycles. The second-order valence-electron chi connectivity index (χ2n) is 18.7.